The lowest BCUT2D eigenvalue weighted by Gasteiger charge is -2.06. The molecular formula is C18H19N5O. The number of amides is 1. The van der Waals surface area contributed by atoms with Gasteiger partial charge in [0.15, 0.2) is 5.82 Å². The van der Waals surface area contributed by atoms with Crippen molar-refractivity contribution >= 4 is 5.91 Å². The minimum atomic E-state index is -0.173. The highest BCUT2D eigenvalue weighted by Crippen LogP contribution is 2.13. The first kappa shape index (κ1) is 15.9. The van der Waals surface area contributed by atoms with E-state index < -0.39 is 0 Å². The van der Waals surface area contributed by atoms with Gasteiger partial charge >= 0.3 is 0 Å². The number of carbonyl (C=O) groups excluding carboxylic acids is 1. The molecule has 0 saturated heterocycles. The number of rotatable bonds is 5. The van der Waals surface area contributed by atoms with Gasteiger partial charge in [-0.1, -0.05) is 30.3 Å². The third-order valence-electron chi connectivity index (χ3n) is 3.89. The summed E-state index contributed by atoms with van der Waals surface area (Å²) in [5, 5.41) is 9.99. The molecule has 0 unspecified atom stereocenters. The van der Waals surface area contributed by atoms with Crippen LogP contribution >= 0.6 is 0 Å². The third kappa shape index (κ3) is 3.48. The molecular weight excluding hydrogens is 302 g/mol. The largest absolute Gasteiger partial charge is 0.352 e. The van der Waals surface area contributed by atoms with Crippen molar-refractivity contribution in [3.05, 3.63) is 65.2 Å². The van der Waals surface area contributed by atoms with Crippen LogP contribution in [0, 0.1) is 13.8 Å². The number of nitrogens with zero attached hydrogens (tertiary/aromatic N) is 3. The van der Waals surface area contributed by atoms with Crippen LogP contribution in [0.4, 0.5) is 0 Å². The zero-order valence-electron chi connectivity index (χ0n) is 13.7. The van der Waals surface area contributed by atoms with Gasteiger partial charge in [0.2, 0.25) is 0 Å². The summed E-state index contributed by atoms with van der Waals surface area (Å²) in [5.74, 6) is 0.435. The van der Waals surface area contributed by atoms with E-state index in [9.17, 15) is 4.79 Å². The molecule has 24 heavy (non-hydrogen) atoms. The van der Waals surface area contributed by atoms with Gasteiger partial charge in [0, 0.05) is 30.2 Å². The van der Waals surface area contributed by atoms with Crippen molar-refractivity contribution in [1.82, 2.24) is 25.5 Å². The summed E-state index contributed by atoms with van der Waals surface area (Å²) in [4.78, 5) is 20.7. The smallest absolute Gasteiger partial charge is 0.254 e. The molecule has 1 aromatic carbocycles. The number of benzene rings is 1. The summed E-state index contributed by atoms with van der Waals surface area (Å²) >= 11 is 0. The van der Waals surface area contributed by atoms with E-state index in [2.05, 4.69) is 25.5 Å². The van der Waals surface area contributed by atoms with E-state index in [0.717, 1.165) is 28.9 Å². The number of hydrogen-bond acceptors (Lipinski definition) is 4. The first-order chi connectivity index (χ1) is 11.6. The second-order valence-electron chi connectivity index (χ2n) is 5.58. The van der Waals surface area contributed by atoms with Crippen LogP contribution in [0.3, 0.4) is 0 Å². The van der Waals surface area contributed by atoms with E-state index in [1.165, 1.54) is 0 Å². The van der Waals surface area contributed by atoms with Crippen LogP contribution in [0.15, 0.2) is 42.7 Å². The van der Waals surface area contributed by atoms with E-state index in [-0.39, 0.29) is 5.91 Å². The number of aromatic nitrogens is 4. The van der Waals surface area contributed by atoms with Crippen LogP contribution in [0.1, 0.15) is 27.3 Å². The van der Waals surface area contributed by atoms with E-state index >= 15 is 0 Å². The summed E-state index contributed by atoms with van der Waals surface area (Å²) in [7, 11) is 0. The molecule has 0 saturated carbocycles. The molecule has 2 aromatic heterocycles. The first-order valence-electron chi connectivity index (χ1n) is 7.81. The number of aryl methyl sites for hydroxylation is 2. The Morgan fingerprint density at radius 1 is 1.12 bits per heavy atom. The summed E-state index contributed by atoms with van der Waals surface area (Å²) in [6, 6.07) is 9.67. The van der Waals surface area contributed by atoms with Gasteiger partial charge in [-0.15, -0.1) is 0 Å². The Balaban J connectivity index is 1.59. The van der Waals surface area contributed by atoms with Crippen molar-refractivity contribution < 1.29 is 4.79 Å². The maximum atomic E-state index is 12.2. The first-order valence-corrected chi connectivity index (χ1v) is 7.81. The summed E-state index contributed by atoms with van der Waals surface area (Å²) in [5.41, 5.74) is 4.53. The summed E-state index contributed by atoms with van der Waals surface area (Å²) < 4.78 is 0. The average molecular weight is 321 g/mol. The van der Waals surface area contributed by atoms with E-state index in [1.54, 1.807) is 12.4 Å². The molecule has 122 valence electrons. The van der Waals surface area contributed by atoms with Crippen molar-refractivity contribution in [1.29, 1.82) is 0 Å². The highest BCUT2D eigenvalue weighted by atomic mass is 16.1. The SMILES string of the molecule is Cc1n[nH]c(C)c1CCNC(=O)c1cnc(-c2ccccc2)nc1. The van der Waals surface area contributed by atoms with Crippen molar-refractivity contribution in [2.45, 2.75) is 20.3 Å². The minimum absolute atomic E-state index is 0.173. The quantitative estimate of drug-likeness (QED) is 0.756. The fourth-order valence-corrected chi connectivity index (χ4v) is 2.53. The molecule has 0 radical (unpaired) electrons. The van der Waals surface area contributed by atoms with Crippen LogP contribution < -0.4 is 5.32 Å². The summed E-state index contributed by atoms with van der Waals surface area (Å²) in [6.07, 6.45) is 3.85. The van der Waals surface area contributed by atoms with Gasteiger partial charge in [-0.25, -0.2) is 9.97 Å². The number of aromatic amines is 1. The van der Waals surface area contributed by atoms with Crippen LogP contribution in [-0.4, -0.2) is 32.6 Å². The van der Waals surface area contributed by atoms with Crippen molar-refractivity contribution in [2.75, 3.05) is 6.54 Å². The Hall–Kier alpha value is -3.02. The lowest BCUT2D eigenvalue weighted by Crippen LogP contribution is -2.26. The van der Waals surface area contributed by atoms with E-state index in [1.807, 2.05) is 44.2 Å². The molecule has 0 aliphatic rings. The summed E-state index contributed by atoms with van der Waals surface area (Å²) in [6.45, 7) is 4.48. The predicted molar refractivity (Wildman–Crippen MR) is 91.6 cm³/mol. The van der Waals surface area contributed by atoms with Crippen molar-refractivity contribution in [2.24, 2.45) is 0 Å². The molecule has 2 N–H and O–H groups in total. The second-order valence-corrected chi connectivity index (χ2v) is 5.58. The molecule has 3 aromatic rings. The number of nitrogens with one attached hydrogen (secondary N) is 2. The van der Waals surface area contributed by atoms with Crippen LogP contribution in [0.25, 0.3) is 11.4 Å². The van der Waals surface area contributed by atoms with Gasteiger partial charge in [0.25, 0.3) is 5.91 Å². The van der Waals surface area contributed by atoms with E-state index in [0.29, 0.717) is 17.9 Å². The van der Waals surface area contributed by atoms with Gasteiger partial charge < -0.3 is 5.32 Å². The zero-order valence-corrected chi connectivity index (χ0v) is 13.7. The maximum absolute atomic E-state index is 12.2. The fraction of sp³-hybridized carbons (Fsp3) is 0.222. The lowest BCUT2D eigenvalue weighted by molar-refractivity contribution is 0.0953. The molecule has 0 fully saturated rings. The molecule has 3 rings (SSSR count). The Bertz CT molecular complexity index is 805. The molecule has 6 heteroatoms. The Morgan fingerprint density at radius 2 is 1.83 bits per heavy atom. The predicted octanol–water partition coefficient (Wildman–Crippen LogP) is 2.46. The molecule has 0 spiro atoms. The Morgan fingerprint density at radius 3 is 2.46 bits per heavy atom. The second kappa shape index (κ2) is 7.04. The standard InChI is InChI=1S/C18H19N5O/c1-12-16(13(2)23-22-12)8-9-19-18(24)15-10-20-17(21-11-15)14-6-4-3-5-7-14/h3-7,10-11H,8-9H2,1-2H3,(H,19,24)(H,22,23). The van der Waals surface area contributed by atoms with Gasteiger partial charge in [-0.05, 0) is 25.8 Å². The van der Waals surface area contributed by atoms with E-state index in [4.69, 9.17) is 0 Å². The van der Waals surface area contributed by atoms with Crippen LogP contribution in [0.5, 0.6) is 0 Å². The molecule has 6 nitrogen and oxygen atoms in total. The molecule has 0 aliphatic carbocycles. The number of carbonyl (C=O) groups is 1. The zero-order chi connectivity index (χ0) is 16.9. The Labute approximate surface area is 140 Å². The van der Waals surface area contributed by atoms with Crippen LogP contribution in [0.2, 0.25) is 0 Å². The van der Waals surface area contributed by atoms with Crippen LogP contribution in [-0.2, 0) is 6.42 Å². The van der Waals surface area contributed by atoms with Gasteiger partial charge in [0.1, 0.15) is 0 Å². The Kier molecular flexibility index (Phi) is 4.65. The normalized spacial score (nSPS) is 10.6. The molecule has 0 aliphatic heterocycles. The number of H-pyrrole nitrogens is 1. The number of hydrogen-bond donors (Lipinski definition) is 2. The molecule has 0 bridgehead atoms. The van der Waals surface area contributed by atoms with Gasteiger partial charge in [-0.2, -0.15) is 5.10 Å². The minimum Gasteiger partial charge on any atom is -0.352 e. The average Bonchev–Trinajstić information content (AvgIpc) is 2.94. The molecule has 1 amide bonds. The van der Waals surface area contributed by atoms with Crippen molar-refractivity contribution in [3.8, 4) is 11.4 Å². The highest BCUT2D eigenvalue weighted by molar-refractivity contribution is 5.93. The van der Waals surface area contributed by atoms with Gasteiger partial charge in [-0.3, -0.25) is 9.89 Å². The lowest BCUT2D eigenvalue weighted by atomic mass is 10.1. The third-order valence-corrected chi connectivity index (χ3v) is 3.89. The fourth-order valence-electron chi connectivity index (χ4n) is 2.53. The monoisotopic (exact) mass is 321 g/mol. The van der Waals surface area contributed by atoms with Gasteiger partial charge in [0.05, 0.1) is 11.3 Å². The maximum Gasteiger partial charge on any atom is 0.254 e. The molecule has 2 heterocycles. The van der Waals surface area contributed by atoms with Crippen molar-refractivity contribution in [3.63, 3.8) is 0 Å². The molecule has 0 atom stereocenters. The highest BCUT2D eigenvalue weighted by Gasteiger charge is 2.10. The topological polar surface area (TPSA) is 83.6 Å².